The second kappa shape index (κ2) is 8.81. The lowest BCUT2D eigenvalue weighted by molar-refractivity contribution is -0.127. The highest BCUT2D eigenvalue weighted by molar-refractivity contribution is 6.30. The van der Waals surface area contributed by atoms with Crippen molar-refractivity contribution in [3.63, 3.8) is 0 Å². The molecular formula is C29H22ClN3O3. The van der Waals surface area contributed by atoms with Crippen molar-refractivity contribution in [3.05, 3.63) is 99.9 Å². The summed E-state index contributed by atoms with van der Waals surface area (Å²) in [5.74, 6) is 0.367. The predicted molar refractivity (Wildman–Crippen MR) is 143 cm³/mol. The smallest absolute Gasteiger partial charge is 0.263 e. The summed E-state index contributed by atoms with van der Waals surface area (Å²) in [6, 6.07) is 22.6. The van der Waals surface area contributed by atoms with E-state index in [2.05, 4.69) is 10.3 Å². The number of nitrogens with zero attached hydrogens (tertiary/aromatic N) is 2. The van der Waals surface area contributed by atoms with Crippen LogP contribution in [0, 0.1) is 0 Å². The Morgan fingerprint density at radius 2 is 1.78 bits per heavy atom. The van der Waals surface area contributed by atoms with Gasteiger partial charge >= 0.3 is 0 Å². The maximum atomic E-state index is 13.4. The molecule has 3 aromatic carbocycles. The number of rotatable bonds is 6. The summed E-state index contributed by atoms with van der Waals surface area (Å²) in [7, 11) is 0. The van der Waals surface area contributed by atoms with Gasteiger partial charge in [0.25, 0.3) is 11.5 Å². The Balaban J connectivity index is 1.29. The Morgan fingerprint density at radius 3 is 2.58 bits per heavy atom. The average Bonchev–Trinajstić information content (AvgIpc) is 3.23. The fourth-order valence-electron chi connectivity index (χ4n) is 4.80. The van der Waals surface area contributed by atoms with Gasteiger partial charge < -0.3 is 10.1 Å². The van der Waals surface area contributed by atoms with Crippen LogP contribution in [0.5, 0.6) is 5.75 Å². The third-order valence-corrected chi connectivity index (χ3v) is 6.82. The van der Waals surface area contributed by atoms with Crippen LogP contribution in [0.4, 0.5) is 0 Å². The Bertz CT molecular complexity index is 1810. The number of fused-ring (bicyclic) bond motifs is 5. The van der Waals surface area contributed by atoms with Crippen molar-refractivity contribution < 1.29 is 9.53 Å². The number of aromatic nitrogens is 2. The third kappa shape index (κ3) is 3.71. The van der Waals surface area contributed by atoms with Gasteiger partial charge in [0.2, 0.25) is 0 Å². The first-order valence-corrected chi connectivity index (χ1v) is 12.1. The molecule has 0 radical (unpaired) electrons. The zero-order chi connectivity index (χ0) is 24.8. The number of amides is 1. The summed E-state index contributed by atoms with van der Waals surface area (Å²) in [6.45, 7) is 2.22. The van der Waals surface area contributed by atoms with E-state index >= 15 is 0 Å². The quantitative estimate of drug-likeness (QED) is 0.315. The zero-order valence-electron chi connectivity index (χ0n) is 19.5. The van der Waals surface area contributed by atoms with Crippen molar-refractivity contribution in [1.82, 2.24) is 14.7 Å². The van der Waals surface area contributed by atoms with Gasteiger partial charge in [0.05, 0.1) is 16.6 Å². The topological polar surface area (TPSA) is 72.7 Å². The average molecular weight is 496 g/mol. The number of benzene rings is 3. The normalized spacial score (nSPS) is 12.5. The van der Waals surface area contributed by atoms with Gasteiger partial charge in [-0.05, 0) is 61.4 Å². The molecule has 1 amide bonds. The summed E-state index contributed by atoms with van der Waals surface area (Å²) in [5.41, 5.74) is 3.38. The number of nitrogens with one attached hydrogen (secondary N) is 1. The third-order valence-electron chi connectivity index (χ3n) is 6.57. The van der Waals surface area contributed by atoms with Crippen molar-refractivity contribution in [2.45, 2.75) is 19.4 Å². The molecule has 0 saturated heterocycles. The molecule has 0 bridgehead atoms. The lowest BCUT2D eigenvalue weighted by atomic mass is 10.1. The Kier molecular flexibility index (Phi) is 5.46. The standard InChI is InChI=1S/C29H22ClN3O3/c1-17(28(34)32-14-12-18-6-8-19(30)9-7-18)36-20-10-11-25-24(16-20)22-13-15-31-26-21-4-2-3-5-23(21)29(35)33(25)27(22)26/h2-11,13,15-17H,12,14H2,1H3,(H,32,34)/t17-/m1/s1. The van der Waals surface area contributed by atoms with Gasteiger partial charge in [-0.2, -0.15) is 0 Å². The zero-order valence-corrected chi connectivity index (χ0v) is 20.3. The fourth-order valence-corrected chi connectivity index (χ4v) is 4.93. The summed E-state index contributed by atoms with van der Waals surface area (Å²) in [4.78, 5) is 30.6. The van der Waals surface area contributed by atoms with Crippen LogP contribution in [0.3, 0.4) is 0 Å². The Labute approximate surface area is 211 Å². The van der Waals surface area contributed by atoms with Crippen molar-refractivity contribution in [3.8, 4) is 5.75 Å². The Hall–Kier alpha value is -4.16. The molecule has 3 heterocycles. The number of halogens is 1. The van der Waals surface area contributed by atoms with Gasteiger partial charge in [0, 0.05) is 39.3 Å². The molecule has 0 spiro atoms. The van der Waals surface area contributed by atoms with Crippen LogP contribution in [-0.4, -0.2) is 27.9 Å². The van der Waals surface area contributed by atoms with Gasteiger partial charge in [-0.1, -0.05) is 41.9 Å². The number of carbonyl (C=O) groups excluding carboxylic acids is 1. The molecule has 3 aromatic heterocycles. The van der Waals surface area contributed by atoms with E-state index in [1.807, 2.05) is 66.7 Å². The van der Waals surface area contributed by atoms with E-state index in [4.69, 9.17) is 16.3 Å². The van der Waals surface area contributed by atoms with E-state index in [-0.39, 0.29) is 11.5 Å². The first-order valence-electron chi connectivity index (χ1n) is 11.8. The number of hydrogen-bond acceptors (Lipinski definition) is 4. The molecule has 0 saturated carbocycles. The lowest BCUT2D eigenvalue weighted by Crippen LogP contribution is -2.37. The molecule has 178 valence electrons. The highest BCUT2D eigenvalue weighted by Gasteiger charge is 2.19. The van der Waals surface area contributed by atoms with Crippen LogP contribution in [0.2, 0.25) is 5.02 Å². The number of carbonyl (C=O) groups is 1. The molecule has 6 aromatic rings. The summed E-state index contributed by atoms with van der Waals surface area (Å²) in [6.07, 6.45) is 1.78. The molecule has 6 nitrogen and oxygen atoms in total. The maximum Gasteiger partial charge on any atom is 0.263 e. The van der Waals surface area contributed by atoms with Crippen LogP contribution >= 0.6 is 11.6 Å². The van der Waals surface area contributed by atoms with Crippen LogP contribution in [0.1, 0.15) is 12.5 Å². The van der Waals surface area contributed by atoms with Crippen LogP contribution < -0.4 is 15.6 Å². The minimum Gasteiger partial charge on any atom is -0.481 e. The second-order valence-corrected chi connectivity index (χ2v) is 9.28. The minimum absolute atomic E-state index is 0.0757. The highest BCUT2D eigenvalue weighted by Crippen LogP contribution is 2.34. The summed E-state index contributed by atoms with van der Waals surface area (Å²) < 4.78 is 7.72. The van der Waals surface area contributed by atoms with E-state index in [1.54, 1.807) is 23.6 Å². The molecule has 7 heteroatoms. The first-order chi connectivity index (χ1) is 17.5. The SMILES string of the molecule is C[C@@H](Oc1ccc2c(c1)c1ccnc3c4ccccc4c(=O)n2c13)C(=O)NCCc1ccc(Cl)cc1. The first kappa shape index (κ1) is 22.3. The van der Waals surface area contributed by atoms with Crippen LogP contribution in [0.25, 0.3) is 38.1 Å². The summed E-state index contributed by atoms with van der Waals surface area (Å²) in [5, 5.41) is 6.88. The van der Waals surface area contributed by atoms with Crippen molar-refractivity contribution in [2.24, 2.45) is 0 Å². The van der Waals surface area contributed by atoms with Crippen LogP contribution in [-0.2, 0) is 11.2 Å². The maximum absolute atomic E-state index is 13.4. The van der Waals surface area contributed by atoms with E-state index in [9.17, 15) is 9.59 Å². The van der Waals surface area contributed by atoms with Crippen molar-refractivity contribution in [2.75, 3.05) is 6.54 Å². The van der Waals surface area contributed by atoms with E-state index in [0.717, 1.165) is 38.3 Å². The van der Waals surface area contributed by atoms with Gasteiger partial charge in [-0.15, -0.1) is 0 Å². The molecule has 0 aliphatic rings. The highest BCUT2D eigenvalue weighted by atomic mass is 35.5. The Morgan fingerprint density at radius 1 is 1.00 bits per heavy atom. The lowest BCUT2D eigenvalue weighted by Gasteiger charge is -2.15. The molecule has 0 aliphatic heterocycles. The van der Waals surface area contributed by atoms with E-state index < -0.39 is 6.10 Å². The summed E-state index contributed by atoms with van der Waals surface area (Å²) >= 11 is 5.92. The molecule has 0 unspecified atom stereocenters. The molecule has 1 atom stereocenters. The van der Waals surface area contributed by atoms with Gasteiger partial charge in [-0.3, -0.25) is 19.0 Å². The monoisotopic (exact) mass is 495 g/mol. The molecular weight excluding hydrogens is 474 g/mol. The van der Waals surface area contributed by atoms with Crippen LogP contribution in [0.15, 0.2) is 83.8 Å². The molecule has 1 N–H and O–H groups in total. The molecule has 6 rings (SSSR count). The predicted octanol–water partition coefficient (Wildman–Crippen LogP) is 5.37. The van der Waals surface area contributed by atoms with Gasteiger partial charge in [0.1, 0.15) is 5.75 Å². The second-order valence-electron chi connectivity index (χ2n) is 8.85. The minimum atomic E-state index is -0.681. The van der Waals surface area contributed by atoms with Crippen molar-refractivity contribution in [1.29, 1.82) is 0 Å². The van der Waals surface area contributed by atoms with E-state index in [1.165, 1.54) is 0 Å². The fraction of sp³-hybridized carbons (Fsp3) is 0.138. The largest absolute Gasteiger partial charge is 0.481 e. The molecule has 0 aliphatic carbocycles. The van der Waals surface area contributed by atoms with Crippen molar-refractivity contribution >= 4 is 55.6 Å². The van der Waals surface area contributed by atoms with Gasteiger partial charge in [-0.25, -0.2) is 0 Å². The molecule has 36 heavy (non-hydrogen) atoms. The number of pyridine rings is 2. The van der Waals surface area contributed by atoms with Gasteiger partial charge in [0.15, 0.2) is 6.10 Å². The number of ether oxygens (including phenoxy) is 1. The van der Waals surface area contributed by atoms with E-state index in [0.29, 0.717) is 29.1 Å². The molecule has 0 fully saturated rings. The number of hydrogen-bond donors (Lipinski definition) is 1.